The fourth-order valence-electron chi connectivity index (χ4n) is 4.32. The second-order valence-corrected chi connectivity index (χ2v) is 7.48. The Hall–Kier alpha value is -1.88. The van der Waals surface area contributed by atoms with Crippen LogP contribution in [0.1, 0.15) is 68.4 Å². The summed E-state index contributed by atoms with van der Waals surface area (Å²) in [6.45, 7) is 3.06. The van der Waals surface area contributed by atoms with Crippen molar-refractivity contribution in [2.24, 2.45) is 0 Å². The summed E-state index contributed by atoms with van der Waals surface area (Å²) in [6.07, 6.45) is 13.2. The molecule has 0 aromatic carbocycles. The minimum Gasteiger partial charge on any atom is -0.352 e. The third-order valence-electron chi connectivity index (χ3n) is 5.61. The smallest absolute Gasteiger partial charge is 0.170 e. The number of hydrogen-bond donors (Lipinski definition) is 1. The molecule has 1 N–H and O–H groups in total. The molecule has 2 aromatic rings. The topological polar surface area (TPSA) is 33.1 Å². The van der Waals surface area contributed by atoms with E-state index in [-0.39, 0.29) is 12.1 Å². The van der Waals surface area contributed by atoms with E-state index in [9.17, 15) is 0 Å². The molecule has 2 aromatic heterocycles. The average molecular weight is 355 g/mol. The standard InChI is InChI=1S/C20H26N4S/c1-2-24-19(18(22-20(24)25)17-10-6-7-12-21-17)15-11-13-23(14-15)16-8-4-3-5-9-16/h6-7,10-14,16,18-19H,2-5,8-9H2,1H3,(H,22,25)/t18-,19+/m1/s1. The van der Waals surface area contributed by atoms with Gasteiger partial charge in [0, 0.05) is 31.2 Å². The van der Waals surface area contributed by atoms with Crippen molar-refractivity contribution in [2.75, 3.05) is 6.54 Å². The van der Waals surface area contributed by atoms with Crippen molar-refractivity contribution in [1.82, 2.24) is 19.8 Å². The Balaban J connectivity index is 1.65. The zero-order valence-corrected chi connectivity index (χ0v) is 15.6. The van der Waals surface area contributed by atoms with Gasteiger partial charge in [-0.2, -0.15) is 0 Å². The lowest BCUT2D eigenvalue weighted by Gasteiger charge is -2.26. The number of nitrogens with one attached hydrogen (secondary N) is 1. The van der Waals surface area contributed by atoms with Gasteiger partial charge >= 0.3 is 0 Å². The van der Waals surface area contributed by atoms with Gasteiger partial charge in [0.25, 0.3) is 0 Å². The maximum absolute atomic E-state index is 5.61. The summed E-state index contributed by atoms with van der Waals surface area (Å²) in [5, 5.41) is 4.32. The first kappa shape index (κ1) is 16.6. The fourth-order valence-corrected chi connectivity index (χ4v) is 4.69. The molecule has 4 rings (SSSR count). The average Bonchev–Trinajstić information content (AvgIpc) is 3.27. The van der Waals surface area contributed by atoms with Gasteiger partial charge in [-0.15, -0.1) is 0 Å². The summed E-state index contributed by atoms with van der Waals surface area (Å²) in [5.41, 5.74) is 2.38. The first-order chi connectivity index (χ1) is 12.3. The highest BCUT2D eigenvalue weighted by Crippen LogP contribution is 2.39. The Morgan fingerprint density at radius 2 is 2.04 bits per heavy atom. The minimum atomic E-state index is 0.107. The molecule has 0 unspecified atom stereocenters. The summed E-state index contributed by atoms with van der Waals surface area (Å²) < 4.78 is 2.43. The Kier molecular flexibility index (Phi) is 4.75. The van der Waals surface area contributed by atoms with Crippen molar-refractivity contribution in [1.29, 1.82) is 0 Å². The summed E-state index contributed by atoms with van der Waals surface area (Å²) in [4.78, 5) is 6.87. The van der Waals surface area contributed by atoms with Crippen LogP contribution in [-0.2, 0) is 0 Å². The van der Waals surface area contributed by atoms with E-state index < -0.39 is 0 Å². The number of pyridine rings is 1. The summed E-state index contributed by atoms with van der Waals surface area (Å²) >= 11 is 5.61. The molecule has 25 heavy (non-hydrogen) atoms. The van der Waals surface area contributed by atoms with Crippen molar-refractivity contribution >= 4 is 17.3 Å². The van der Waals surface area contributed by atoms with E-state index in [0.717, 1.165) is 17.4 Å². The lowest BCUT2D eigenvalue weighted by Crippen LogP contribution is -2.29. The number of rotatable bonds is 4. The zero-order valence-electron chi connectivity index (χ0n) is 14.8. The van der Waals surface area contributed by atoms with Crippen LogP contribution in [0.4, 0.5) is 0 Å². The third kappa shape index (κ3) is 3.17. The maximum atomic E-state index is 5.61. The molecule has 0 radical (unpaired) electrons. The van der Waals surface area contributed by atoms with Crippen LogP contribution in [0.15, 0.2) is 42.9 Å². The predicted octanol–water partition coefficient (Wildman–Crippen LogP) is 4.38. The lowest BCUT2D eigenvalue weighted by atomic mass is 9.95. The van der Waals surface area contributed by atoms with E-state index in [1.807, 2.05) is 18.3 Å². The van der Waals surface area contributed by atoms with Gasteiger partial charge in [0.15, 0.2) is 5.11 Å². The SMILES string of the molecule is CCN1C(=S)N[C@H](c2ccccn2)[C@@H]1c1ccn(C2CCCCC2)c1. The molecule has 5 heteroatoms. The van der Waals surface area contributed by atoms with Gasteiger partial charge in [0.2, 0.25) is 0 Å². The number of aromatic nitrogens is 2. The largest absolute Gasteiger partial charge is 0.352 e. The molecule has 1 aliphatic carbocycles. The monoisotopic (exact) mass is 354 g/mol. The van der Waals surface area contributed by atoms with Gasteiger partial charge in [0.1, 0.15) is 0 Å². The second-order valence-electron chi connectivity index (χ2n) is 7.10. The van der Waals surface area contributed by atoms with Crippen LogP contribution in [0, 0.1) is 0 Å². The molecule has 0 bridgehead atoms. The highest BCUT2D eigenvalue weighted by molar-refractivity contribution is 7.80. The molecular weight excluding hydrogens is 328 g/mol. The highest BCUT2D eigenvalue weighted by Gasteiger charge is 2.39. The molecule has 0 amide bonds. The van der Waals surface area contributed by atoms with Crippen LogP contribution < -0.4 is 5.32 Å². The van der Waals surface area contributed by atoms with E-state index in [1.165, 1.54) is 37.7 Å². The van der Waals surface area contributed by atoms with Crippen molar-refractivity contribution < 1.29 is 0 Å². The molecule has 132 valence electrons. The quantitative estimate of drug-likeness (QED) is 0.826. The molecule has 2 fully saturated rings. The van der Waals surface area contributed by atoms with Gasteiger partial charge in [-0.25, -0.2) is 0 Å². The van der Waals surface area contributed by atoms with E-state index in [2.05, 4.69) is 51.2 Å². The minimum absolute atomic E-state index is 0.107. The lowest BCUT2D eigenvalue weighted by molar-refractivity contribution is 0.326. The third-order valence-corrected chi connectivity index (χ3v) is 5.97. The number of thiocarbonyl (C=S) groups is 1. The first-order valence-corrected chi connectivity index (χ1v) is 9.84. The van der Waals surface area contributed by atoms with Crippen LogP contribution in [-0.4, -0.2) is 26.1 Å². The summed E-state index contributed by atoms with van der Waals surface area (Å²) in [7, 11) is 0. The van der Waals surface area contributed by atoms with Crippen molar-refractivity contribution in [3.05, 3.63) is 54.1 Å². The van der Waals surface area contributed by atoms with E-state index in [1.54, 1.807) is 0 Å². The van der Waals surface area contributed by atoms with Crippen LogP contribution >= 0.6 is 12.2 Å². The Labute approximate surface area is 155 Å². The molecule has 1 saturated carbocycles. The molecule has 0 spiro atoms. The zero-order chi connectivity index (χ0) is 17.2. The summed E-state index contributed by atoms with van der Waals surface area (Å²) in [6, 6.07) is 9.34. The van der Waals surface area contributed by atoms with Crippen LogP contribution in [0.2, 0.25) is 0 Å². The van der Waals surface area contributed by atoms with Gasteiger partial charge in [0.05, 0.1) is 17.8 Å². The molecule has 1 saturated heterocycles. The normalized spacial score (nSPS) is 24.5. The number of nitrogens with zero attached hydrogens (tertiary/aromatic N) is 3. The molecule has 2 aliphatic rings. The van der Waals surface area contributed by atoms with Gasteiger partial charge in [-0.05, 0) is 55.7 Å². The molecule has 2 atom stereocenters. The Bertz CT molecular complexity index is 720. The summed E-state index contributed by atoms with van der Waals surface area (Å²) in [5.74, 6) is 0. The van der Waals surface area contributed by atoms with Crippen molar-refractivity contribution in [2.45, 2.75) is 57.2 Å². The number of hydrogen-bond acceptors (Lipinski definition) is 2. The van der Waals surface area contributed by atoms with E-state index >= 15 is 0 Å². The van der Waals surface area contributed by atoms with Crippen molar-refractivity contribution in [3.63, 3.8) is 0 Å². The van der Waals surface area contributed by atoms with E-state index in [0.29, 0.717) is 6.04 Å². The Morgan fingerprint density at radius 1 is 1.20 bits per heavy atom. The maximum Gasteiger partial charge on any atom is 0.170 e. The molecule has 1 aliphatic heterocycles. The molecular formula is C20H26N4S. The molecule has 4 nitrogen and oxygen atoms in total. The van der Waals surface area contributed by atoms with Gasteiger partial charge in [-0.3, -0.25) is 4.98 Å². The Morgan fingerprint density at radius 3 is 2.76 bits per heavy atom. The van der Waals surface area contributed by atoms with Gasteiger partial charge < -0.3 is 14.8 Å². The second kappa shape index (κ2) is 7.16. The van der Waals surface area contributed by atoms with Gasteiger partial charge in [-0.1, -0.05) is 25.3 Å². The van der Waals surface area contributed by atoms with Crippen LogP contribution in [0.3, 0.4) is 0 Å². The predicted molar refractivity (Wildman–Crippen MR) is 104 cm³/mol. The van der Waals surface area contributed by atoms with Crippen LogP contribution in [0.5, 0.6) is 0 Å². The first-order valence-electron chi connectivity index (χ1n) is 9.43. The molecule has 3 heterocycles. The van der Waals surface area contributed by atoms with Crippen LogP contribution in [0.25, 0.3) is 0 Å². The highest BCUT2D eigenvalue weighted by atomic mass is 32.1. The van der Waals surface area contributed by atoms with E-state index in [4.69, 9.17) is 12.2 Å². The fraction of sp³-hybridized carbons (Fsp3) is 0.500. The number of likely N-dealkylation sites (N-methyl/N-ethyl adjacent to an activating group) is 1. The van der Waals surface area contributed by atoms with Crippen molar-refractivity contribution in [3.8, 4) is 0 Å².